The minimum atomic E-state index is -0.377. The number of carbonyl (C=O) groups excluding carboxylic acids is 1. The number of halogens is 1. The second-order valence-corrected chi connectivity index (χ2v) is 4.63. The summed E-state index contributed by atoms with van der Waals surface area (Å²) in [5, 5.41) is 2.02. The van der Waals surface area contributed by atoms with E-state index in [0.29, 0.717) is 6.42 Å². The van der Waals surface area contributed by atoms with E-state index in [9.17, 15) is 4.79 Å². The van der Waals surface area contributed by atoms with Crippen LogP contribution in [0, 0.1) is 0 Å². The van der Waals surface area contributed by atoms with Crippen LogP contribution in [0.5, 0.6) is 0 Å². The number of rotatable bonds is 4. The Balaban J connectivity index is 0.00000225. The van der Waals surface area contributed by atoms with Crippen LogP contribution in [0.2, 0.25) is 0 Å². The Morgan fingerprint density at radius 1 is 1.62 bits per heavy atom. The number of hydrogen-bond acceptors (Lipinski definition) is 3. The number of nitrogens with zero attached hydrogens (tertiary/aromatic N) is 1. The molecule has 1 heterocycles. The highest BCUT2D eigenvalue weighted by Crippen LogP contribution is 2.23. The average molecular weight is 263 g/mol. The van der Waals surface area contributed by atoms with Gasteiger partial charge in [0.2, 0.25) is 5.91 Å². The number of hydrogen-bond donors (Lipinski definition) is 1. The van der Waals surface area contributed by atoms with Gasteiger partial charge in [0.1, 0.15) is 0 Å². The Morgan fingerprint density at radius 3 is 2.69 bits per heavy atom. The summed E-state index contributed by atoms with van der Waals surface area (Å²) in [5.74, 6) is 0.0124. The number of amides is 1. The largest absolute Gasteiger partial charge is 0.337 e. The first kappa shape index (κ1) is 15.4. The quantitative estimate of drug-likeness (QED) is 0.906. The van der Waals surface area contributed by atoms with E-state index < -0.39 is 0 Å². The van der Waals surface area contributed by atoms with Crippen LogP contribution in [0.25, 0.3) is 0 Å². The summed E-state index contributed by atoms with van der Waals surface area (Å²) >= 11 is 1.66. The SMILES string of the molecule is CC[C@H](N)C(=O)N(C)C(C)c1cccs1.Cl. The van der Waals surface area contributed by atoms with Crippen molar-refractivity contribution in [3.63, 3.8) is 0 Å². The summed E-state index contributed by atoms with van der Waals surface area (Å²) in [6, 6.07) is 3.76. The highest BCUT2D eigenvalue weighted by molar-refractivity contribution is 7.10. The zero-order chi connectivity index (χ0) is 11.4. The molecule has 0 fully saturated rings. The van der Waals surface area contributed by atoms with Crippen molar-refractivity contribution in [1.82, 2.24) is 4.90 Å². The zero-order valence-electron chi connectivity index (χ0n) is 9.84. The fraction of sp³-hybridized carbons (Fsp3) is 0.545. The lowest BCUT2D eigenvalue weighted by molar-refractivity contribution is -0.133. The monoisotopic (exact) mass is 262 g/mol. The molecule has 0 aliphatic rings. The Hall–Kier alpha value is -0.580. The highest BCUT2D eigenvalue weighted by atomic mass is 35.5. The molecular formula is C11H19ClN2OS. The van der Waals surface area contributed by atoms with E-state index in [-0.39, 0.29) is 30.4 Å². The van der Waals surface area contributed by atoms with E-state index in [1.165, 1.54) is 4.88 Å². The van der Waals surface area contributed by atoms with Crippen molar-refractivity contribution in [2.45, 2.75) is 32.4 Å². The summed E-state index contributed by atoms with van der Waals surface area (Å²) < 4.78 is 0. The first-order chi connectivity index (χ1) is 7.07. The molecule has 0 radical (unpaired) electrons. The third-order valence-electron chi connectivity index (χ3n) is 2.64. The van der Waals surface area contributed by atoms with Crippen LogP contribution in [0.4, 0.5) is 0 Å². The lowest BCUT2D eigenvalue weighted by atomic mass is 10.1. The van der Waals surface area contributed by atoms with Crippen LogP contribution in [0.3, 0.4) is 0 Å². The third kappa shape index (κ3) is 3.47. The minimum absolute atomic E-state index is 0. The molecular weight excluding hydrogens is 244 g/mol. The molecule has 16 heavy (non-hydrogen) atoms. The molecule has 0 saturated carbocycles. The topological polar surface area (TPSA) is 46.3 Å². The Kier molecular flexibility index (Phi) is 6.64. The molecule has 5 heteroatoms. The summed E-state index contributed by atoms with van der Waals surface area (Å²) in [6.45, 7) is 3.94. The van der Waals surface area contributed by atoms with Gasteiger partial charge in [-0.25, -0.2) is 0 Å². The third-order valence-corrected chi connectivity index (χ3v) is 3.68. The van der Waals surface area contributed by atoms with Crippen molar-refractivity contribution in [2.75, 3.05) is 7.05 Å². The normalized spacial score (nSPS) is 13.8. The molecule has 1 unspecified atom stereocenters. The molecule has 1 aromatic rings. The smallest absolute Gasteiger partial charge is 0.239 e. The van der Waals surface area contributed by atoms with E-state index in [4.69, 9.17) is 5.73 Å². The summed E-state index contributed by atoms with van der Waals surface area (Å²) in [7, 11) is 1.81. The molecule has 0 aliphatic carbocycles. The van der Waals surface area contributed by atoms with Crippen LogP contribution in [-0.4, -0.2) is 23.9 Å². The first-order valence-electron chi connectivity index (χ1n) is 5.13. The molecule has 1 rings (SSSR count). The standard InChI is InChI=1S/C11H18N2OS.ClH/c1-4-9(12)11(14)13(3)8(2)10-6-5-7-15-10;/h5-9H,4,12H2,1-3H3;1H/t8?,9-;/m0./s1. The number of likely N-dealkylation sites (N-methyl/N-ethyl adjacent to an activating group) is 1. The van der Waals surface area contributed by atoms with Crippen LogP contribution >= 0.6 is 23.7 Å². The summed E-state index contributed by atoms with van der Waals surface area (Å²) in [4.78, 5) is 14.7. The van der Waals surface area contributed by atoms with Gasteiger partial charge in [-0.15, -0.1) is 23.7 Å². The average Bonchev–Trinajstić information content (AvgIpc) is 2.78. The predicted molar refractivity (Wildman–Crippen MR) is 71.0 cm³/mol. The van der Waals surface area contributed by atoms with Gasteiger partial charge in [-0.3, -0.25) is 4.79 Å². The van der Waals surface area contributed by atoms with Crippen molar-refractivity contribution in [3.05, 3.63) is 22.4 Å². The second kappa shape index (κ2) is 6.89. The van der Waals surface area contributed by atoms with Gasteiger partial charge in [-0.2, -0.15) is 0 Å². The fourth-order valence-electron chi connectivity index (χ4n) is 1.35. The molecule has 0 saturated heterocycles. The van der Waals surface area contributed by atoms with Crippen molar-refractivity contribution >= 4 is 29.7 Å². The summed E-state index contributed by atoms with van der Waals surface area (Å²) in [6.07, 6.45) is 0.681. The zero-order valence-corrected chi connectivity index (χ0v) is 11.5. The lowest BCUT2D eigenvalue weighted by Crippen LogP contribution is -2.42. The molecule has 0 aromatic carbocycles. The van der Waals surface area contributed by atoms with Crippen LogP contribution in [0.1, 0.15) is 31.2 Å². The van der Waals surface area contributed by atoms with Crippen molar-refractivity contribution in [2.24, 2.45) is 5.73 Å². The first-order valence-corrected chi connectivity index (χ1v) is 6.01. The molecule has 92 valence electrons. The maximum absolute atomic E-state index is 11.8. The molecule has 3 nitrogen and oxygen atoms in total. The van der Waals surface area contributed by atoms with E-state index in [0.717, 1.165) is 0 Å². The van der Waals surface area contributed by atoms with Gasteiger partial charge in [-0.1, -0.05) is 13.0 Å². The minimum Gasteiger partial charge on any atom is -0.337 e. The van der Waals surface area contributed by atoms with Crippen molar-refractivity contribution < 1.29 is 4.79 Å². The highest BCUT2D eigenvalue weighted by Gasteiger charge is 2.21. The van der Waals surface area contributed by atoms with E-state index in [1.54, 1.807) is 16.2 Å². The molecule has 0 aliphatic heterocycles. The van der Waals surface area contributed by atoms with Crippen LogP contribution in [-0.2, 0) is 4.79 Å². The number of thiophene rings is 1. The number of nitrogens with two attached hydrogens (primary N) is 1. The second-order valence-electron chi connectivity index (χ2n) is 3.66. The van der Waals surface area contributed by atoms with Gasteiger partial charge < -0.3 is 10.6 Å². The maximum Gasteiger partial charge on any atom is 0.239 e. The summed E-state index contributed by atoms with van der Waals surface area (Å²) in [5.41, 5.74) is 5.72. The fourth-order valence-corrected chi connectivity index (χ4v) is 2.17. The van der Waals surface area contributed by atoms with Crippen molar-refractivity contribution in [1.29, 1.82) is 0 Å². The molecule has 1 amide bonds. The van der Waals surface area contributed by atoms with Gasteiger partial charge in [0.05, 0.1) is 12.1 Å². The molecule has 2 N–H and O–H groups in total. The molecule has 1 aromatic heterocycles. The van der Waals surface area contributed by atoms with Crippen molar-refractivity contribution in [3.8, 4) is 0 Å². The molecule has 0 spiro atoms. The van der Waals surface area contributed by atoms with Gasteiger partial charge in [-0.05, 0) is 24.8 Å². The molecule has 0 bridgehead atoms. The van der Waals surface area contributed by atoms with E-state index in [1.807, 2.05) is 38.4 Å². The molecule has 2 atom stereocenters. The van der Waals surface area contributed by atoms with Gasteiger partial charge in [0.15, 0.2) is 0 Å². The Morgan fingerprint density at radius 2 is 2.25 bits per heavy atom. The van der Waals surface area contributed by atoms with E-state index in [2.05, 4.69) is 0 Å². The lowest BCUT2D eigenvalue weighted by Gasteiger charge is -2.26. The predicted octanol–water partition coefficient (Wildman–Crippen LogP) is 2.43. The Labute approximate surface area is 107 Å². The van der Waals surface area contributed by atoms with Gasteiger partial charge in [0, 0.05) is 11.9 Å². The van der Waals surface area contributed by atoms with Gasteiger partial charge >= 0.3 is 0 Å². The Bertz CT molecular complexity index is 316. The number of carbonyl (C=O) groups is 1. The maximum atomic E-state index is 11.8. The van der Waals surface area contributed by atoms with E-state index >= 15 is 0 Å². The van der Waals surface area contributed by atoms with Crippen LogP contribution in [0.15, 0.2) is 17.5 Å². The van der Waals surface area contributed by atoms with Crippen LogP contribution < -0.4 is 5.73 Å². The van der Waals surface area contributed by atoms with Gasteiger partial charge in [0.25, 0.3) is 0 Å².